The predicted octanol–water partition coefficient (Wildman–Crippen LogP) is 3.19. The van der Waals surface area contributed by atoms with Crippen LogP contribution in [0.3, 0.4) is 0 Å². The number of carbonyl (C=O) groups excluding carboxylic acids is 3. The van der Waals surface area contributed by atoms with Crippen LogP contribution in [0.15, 0.2) is 54.6 Å². The Bertz CT molecular complexity index is 891. The molecule has 1 aromatic carbocycles. The molecule has 0 fully saturated rings. The number of aldehydes is 1. The lowest BCUT2D eigenvalue weighted by Crippen LogP contribution is -2.07. The first kappa shape index (κ1) is 13.9. The van der Waals surface area contributed by atoms with Gasteiger partial charge in [-0.1, -0.05) is 36.4 Å². The molecule has 22 heavy (non-hydrogen) atoms. The minimum Gasteiger partial charge on any atom is -0.303 e. The normalized spacial score (nSPS) is 10.6. The molecule has 0 N–H and O–H groups in total. The molecule has 0 saturated heterocycles. The smallest absolute Gasteiger partial charge is 0.209 e. The summed E-state index contributed by atoms with van der Waals surface area (Å²) in [6.45, 7) is 1.44. The molecular formula is C18H13NO3. The van der Waals surface area contributed by atoms with E-state index in [0.29, 0.717) is 34.3 Å². The van der Waals surface area contributed by atoms with E-state index in [0.717, 1.165) is 0 Å². The SMILES string of the molecule is CC(=O)c1cc(C(=O)c2ccccc2)n2c(C=O)cccc12. The van der Waals surface area contributed by atoms with Gasteiger partial charge in [0.15, 0.2) is 12.1 Å². The first-order valence-electron chi connectivity index (χ1n) is 6.84. The molecule has 0 spiro atoms. The van der Waals surface area contributed by atoms with Crippen LogP contribution >= 0.6 is 0 Å². The number of pyridine rings is 1. The zero-order valence-electron chi connectivity index (χ0n) is 11.9. The van der Waals surface area contributed by atoms with Crippen molar-refractivity contribution in [2.75, 3.05) is 0 Å². The minimum absolute atomic E-state index is 0.146. The molecule has 2 aromatic heterocycles. The van der Waals surface area contributed by atoms with E-state index in [2.05, 4.69) is 0 Å². The lowest BCUT2D eigenvalue weighted by molar-refractivity contribution is 0.101. The van der Waals surface area contributed by atoms with Crippen LogP contribution in [0.2, 0.25) is 0 Å². The molecule has 3 rings (SSSR count). The monoisotopic (exact) mass is 291 g/mol. The molecular weight excluding hydrogens is 278 g/mol. The van der Waals surface area contributed by atoms with E-state index in [-0.39, 0.29) is 11.6 Å². The third-order valence-electron chi connectivity index (χ3n) is 3.59. The molecule has 0 unspecified atom stereocenters. The van der Waals surface area contributed by atoms with E-state index >= 15 is 0 Å². The van der Waals surface area contributed by atoms with Gasteiger partial charge in [-0.2, -0.15) is 0 Å². The number of hydrogen-bond acceptors (Lipinski definition) is 3. The Kier molecular flexibility index (Phi) is 3.43. The van der Waals surface area contributed by atoms with Crippen LogP contribution in [0, 0.1) is 0 Å². The van der Waals surface area contributed by atoms with E-state index in [1.165, 1.54) is 6.92 Å². The Balaban J connectivity index is 2.32. The molecule has 2 heterocycles. The van der Waals surface area contributed by atoms with Gasteiger partial charge in [-0.05, 0) is 25.1 Å². The van der Waals surface area contributed by atoms with Crippen molar-refractivity contribution < 1.29 is 14.4 Å². The van der Waals surface area contributed by atoms with Gasteiger partial charge in [0, 0.05) is 11.1 Å². The Hall–Kier alpha value is -3.01. The van der Waals surface area contributed by atoms with Gasteiger partial charge in [-0.25, -0.2) is 0 Å². The molecule has 4 heteroatoms. The molecule has 0 aliphatic carbocycles. The fraction of sp³-hybridized carbons (Fsp3) is 0.0556. The number of nitrogens with zero attached hydrogens (tertiary/aromatic N) is 1. The average molecular weight is 291 g/mol. The van der Waals surface area contributed by atoms with Gasteiger partial charge in [0.2, 0.25) is 5.78 Å². The summed E-state index contributed by atoms with van der Waals surface area (Å²) in [5.74, 6) is -0.370. The molecule has 0 atom stereocenters. The highest BCUT2D eigenvalue weighted by atomic mass is 16.1. The Morgan fingerprint density at radius 3 is 2.36 bits per heavy atom. The predicted molar refractivity (Wildman–Crippen MR) is 82.7 cm³/mol. The molecule has 0 bridgehead atoms. The summed E-state index contributed by atoms with van der Waals surface area (Å²) in [4.78, 5) is 35.8. The summed E-state index contributed by atoms with van der Waals surface area (Å²) in [5.41, 5.74) is 2.16. The number of benzene rings is 1. The van der Waals surface area contributed by atoms with Crippen LogP contribution in [0.25, 0.3) is 5.52 Å². The Morgan fingerprint density at radius 1 is 1.00 bits per heavy atom. The van der Waals surface area contributed by atoms with Gasteiger partial charge in [-0.3, -0.25) is 14.4 Å². The zero-order valence-corrected chi connectivity index (χ0v) is 11.9. The number of hydrogen-bond donors (Lipinski definition) is 0. The molecule has 0 amide bonds. The molecule has 0 saturated carbocycles. The van der Waals surface area contributed by atoms with Crippen molar-refractivity contribution in [3.05, 3.63) is 77.1 Å². The Morgan fingerprint density at radius 2 is 1.73 bits per heavy atom. The molecule has 3 aromatic rings. The maximum absolute atomic E-state index is 12.7. The molecule has 4 nitrogen and oxygen atoms in total. The van der Waals surface area contributed by atoms with Crippen molar-refractivity contribution in [3.8, 4) is 0 Å². The number of carbonyl (C=O) groups is 3. The first-order valence-corrected chi connectivity index (χ1v) is 6.84. The maximum atomic E-state index is 12.7. The quantitative estimate of drug-likeness (QED) is 0.548. The van der Waals surface area contributed by atoms with Crippen molar-refractivity contribution in [2.45, 2.75) is 6.92 Å². The van der Waals surface area contributed by atoms with Gasteiger partial charge in [0.25, 0.3) is 0 Å². The highest BCUT2D eigenvalue weighted by Gasteiger charge is 2.20. The van der Waals surface area contributed by atoms with Gasteiger partial charge >= 0.3 is 0 Å². The van der Waals surface area contributed by atoms with Crippen molar-refractivity contribution in [1.29, 1.82) is 0 Å². The largest absolute Gasteiger partial charge is 0.303 e. The summed E-state index contributed by atoms with van der Waals surface area (Å²) >= 11 is 0. The maximum Gasteiger partial charge on any atom is 0.209 e. The van der Waals surface area contributed by atoms with E-state index in [1.54, 1.807) is 52.9 Å². The van der Waals surface area contributed by atoms with Crippen molar-refractivity contribution in [2.24, 2.45) is 0 Å². The number of ketones is 2. The summed E-state index contributed by atoms with van der Waals surface area (Å²) in [5, 5.41) is 0. The van der Waals surface area contributed by atoms with Crippen LogP contribution in [0.5, 0.6) is 0 Å². The molecule has 0 aliphatic heterocycles. The van der Waals surface area contributed by atoms with E-state index < -0.39 is 0 Å². The van der Waals surface area contributed by atoms with Gasteiger partial charge < -0.3 is 4.40 Å². The second kappa shape index (κ2) is 5.41. The summed E-state index contributed by atoms with van der Waals surface area (Å²) < 4.78 is 1.54. The summed E-state index contributed by atoms with van der Waals surface area (Å²) in [6, 6.07) is 15.4. The first-order chi connectivity index (χ1) is 10.6. The van der Waals surface area contributed by atoms with Gasteiger partial charge in [0.05, 0.1) is 16.9 Å². The van der Waals surface area contributed by atoms with Crippen LogP contribution < -0.4 is 0 Å². The van der Waals surface area contributed by atoms with Crippen LogP contribution in [0.4, 0.5) is 0 Å². The number of rotatable bonds is 4. The molecule has 0 radical (unpaired) electrons. The Labute approximate surface area is 127 Å². The van der Waals surface area contributed by atoms with Crippen molar-refractivity contribution in [3.63, 3.8) is 0 Å². The lowest BCUT2D eigenvalue weighted by atomic mass is 10.1. The third-order valence-corrected chi connectivity index (χ3v) is 3.59. The summed E-state index contributed by atoms with van der Waals surface area (Å²) in [6.07, 6.45) is 0.679. The molecule has 0 aliphatic rings. The van der Waals surface area contributed by atoms with Crippen molar-refractivity contribution >= 4 is 23.4 Å². The fourth-order valence-corrected chi connectivity index (χ4v) is 2.56. The van der Waals surface area contributed by atoms with Crippen LogP contribution in [-0.2, 0) is 0 Å². The lowest BCUT2D eigenvalue weighted by Gasteiger charge is -2.05. The van der Waals surface area contributed by atoms with Gasteiger partial charge in [-0.15, -0.1) is 0 Å². The second-order valence-corrected chi connectivity index (χ2v) is 4.98. The summed E-state index contributed by atoms with van der Waals surface area (Å²) in [7, 11) is 0. The fourth-order valence-electron chi connectivity index (χ4n) is 2.56. The zero-order chi connectivity index (χ0) is 15.7. The highest BCUT2D eigenvalue weighted by molar-refractivity contribution is 6.12. The molecule has 108 valence electrons. The van der Waals surface area contributed by atoms with E-state index in [4.69, 9.17) is 0 Å². The second-order valence-electron chi connectivity index (χ2n) is 4.98. The standard InChI is InChI=1S/C18H13NO3/c1-12(21)15-10-17(18(22)13-6-3-2-4-7-13)19-14(11-20)8-5-9-16(15)19/h2-11H,1H3. The van der Waals surface area contributed by atoms with Crippen LogP contribution in [-0.4, -0.2) is 22.3 Å². The highest BCUT2D eigenvalue weighted by Crippen LogP contribution is 2.22. The van der Waals surface area contributed by atoms with E-state index in [1.807, 2.05) is 6.07 Å². The van der Waals surface area contributed by atoms with Crippen molar-refractivity contribution in [1.82, 2.24) is 4.40 Å². The average Bonchev–Trinajstić information content (AvgIpc) is 2.95. The third kappa shape index (κ3) is 2.15. The minimum atomic E-state index is -0.225. The number of aromatic nitrogens is 1. The van der Waals surface area contributed by atoms with Crippen LogP contribution in [0.1, 0.15) is 43.8 Å². The van der Waals surface area contributed by atoms with Gasteiger partial charge in [0.1, 0.15) is 0 Å². The number of fused-ring (bicyclic) bond motifs is 1. The number of Topliss-reactive ketones (excluding diaryl/α,β-unsaturated/α-hetero) is 1. The topological polar surface area (TPSA) is 55.6 Å². The van der Waals surface area contributed by atoms with E-state index in [9.17, 15) is 14.4 Å².